The number of aromatic nitrogens is 4. The summed E-state index contributed by atoms with van der Waals surface area (Å²) in [5.74, 6) is -1.59. The number of amides is 1. The number of aryl methyl sites for hydroxylation is 1. The highest BCUT2D eigenvalue weighted by molar-refractivity contribution is 6.00. The number of carbonyl (C=O) groups is 1. The minimum atomic E-state index is -4.87. The van der Waals surface area contributed by atoms with Crippen LogP contribution in [0.15, 0.2) is 54.7 Å². The zero-order chi connectivity index (χ0) is 26.3. The molecule has 0 radical (unpaired) electrons. The zero-order valence-corrected chi connectivity index (χ0v) is 20.2. The maximum Gasteiger partial charge on any atom is 0.419 e. The van der Waals surface area contributed by atoms with Gasteiger partial charge in [0.15, 0.2) is 5.82 Å². The van der Waals surface area contributed by atoms with Gasteiger partial charge in [0.2, 0.25) is 0 Å². The fraction of sp³-hybridized carbons (Fsp3) is 0.308. The highest BCUT2D eigenvalue weighted by Crippen LogP contribution is 2.34. The molecular weight excluding hydrogens is 488 g/mol. The molecule has 1 aliphatic heterocycles. The second kappa shape index (κ2) is 9.45. The average Bonchev–Trinajstić information content (AvgIpc) is 3.32. The third-order valence-corrected chi connectivity index (χ3v) is 6.90. The van der Waals surface area contributed by atoms with E-state index in [1.165, 1.54) is 11.9 Å². The molecule has 192 valence electrons. The van der Waals surface area contributed by atoms with Crippen molar-refractivity contribution in [2.75, 3.05) is 25.0 Å². The van der Waals surface area contributed by atoms with Crippen LogP contribution in [0.1, 0.15) is 28.8 Å². The Balaban J connectivity index is 1.35. The second-order valence-electron chi connectivity index (χ2n) is 9.06. The highest BCUT2D eigenvalue weighted by Gasteiger charge is 2.37. The number of fused-ring (bicyclic) bond motifs is 1. The van der Waals surface area contributed by atoms with E-state index in [1.54, 1.807) is 10.9 Å². The van der Waals surface area contributed by atoms with Crippen molar-refractivity contribution in [3.63, 3.8) is 0 Å². The maximum absolute atomic E-state index is 14.5. The summed E-state index contributed by atoms with van der Waals surface area (Å²) in [7, 11) is 3.34. The van der Waals surface area contributed by atoms with Crippen LogP contribution < -0.4 is 4.90 Å². The smallest absolute Gasteiger partial charge is 0.354 e. The van der Waals surface area contributed by atoms with E-state index in [2.05, 4.69) is 20.2 Å². The topological polar surface area (TPSA) is 67.2 Å². The van der Waals surface area contributed by atoms with E-state index >= 15 is 0 Å². The molecule has 5 rings (SSSR count). The Morgan fingerprint density at radius 3 is 2.35 bits per heavy atom. The van der Waals surface area contributed by atoms with Crippen molar-refractivity contribution in [1.29, 1.82) is 0 Å². The normalized spacial score (nSPS) is 14.8. The van der Waals surface area contributed by atoms with Crippen LogP contribution in [-0.2, 0) is 13.2 Å². The number of alkyl halides is 3. The van der Waals surface area contributed by atoms with Crippen LogP contribution in [0.2, 0.25) is 0 Å². The average molecular weight is 513 g/mol. The van der Waals surface area contributed by atoms with Crippen LogP contribution in [0.3, 0.4) is 0 Å². The lowest BCUT2D eigenvalue weighted by molar-refractivity contribution is -0.140. The van der Waals surface area contributed by atoms with Crippen LogP contribution in [0.5, 0.6) is 0 Å². The van der Waals surface area contributed by atoms with Crippen LogP contribution in [0, 0.1) is 5.82 Å². The molecule has 4 aromatic rings. The number of rotatable bonds is 4. The van der Waals surface area contributed by atoms with Gasteiger partial charge in [-0.2, -0.15) is 18.3 Å². The lowest BCUT2D eigenvalue weighted by atomic mass is 10.0. The molecule has 0 unspecified atom stereocenters. The van der Waals surface area contributed by atoms with E-state index in [4.69, 9.17) is 0 Å². The molecule has 0 N–H and O–H groups in total. The minimum absolute atomic E-state index is 0.259. The first-order valence-corrected chi connectivity index (χ1v) is 11.8. The third kappa shape index (κ3) is 4.49. The number of halogens is 4. The molecule has 1 fully saturated rings. The quantitative estimate of drug-likeness (QED) is 0.363. The van der Waals surface area contributed by atoms with Gasteiger partial charge in [0.1, 0.15) is 11.5 Å². The molecular formula is C26H24F4N6O. The lowest BCUT2D eigenvalue weighted by Gasteiger charge is -2.37. The molecule has 7 nitrogen and oxygen atoms in total. The molecule has 2 aromatic carbocycles. The number of piperidine rings is 1. The molecule has 1 saturated heterocycles. The number of anilines is 1. The number of carbonyl (C=O) groups excluding carboxylic acids is 1. The molecule has 37 heavy (non-hydrogen) atoms. The summed E-state index contributed by atoms with van der Waals surface area (Å²) in [5, 5.41) is 15.1. The Hall–Kier alpha value is -4.02. The van der Waals surface area contributed by atoms with Crippen LogP contribution in [-0.4, -0.2) is 57.0 Å². The van der Waals surface area contributed by atoms with Gasteiger partial charge in [0.25, 0.3) is 5.91 Å². The van der Waals surface area contributed by atoms with Gasteiger partial charge in [-0.1, -0.05) is 30.3 Å². The SMILES string of the molecule is CN(C(=O)c1cccc(C(F)(F)F)c1F)C1CCN(c2nnc(-c3ccnn3C)c3ccccc23)CC1. The Morgan fingerprint density at radius 2 is 1.70 bits per heavy atom. The number of benzene rings is 2. The van der Waals surface area contributed by atoms with E-state index < -0.39 is 29.0 Å². The first-order chi connectivity index (χ1) is 17.7. The predicted molar refractivity (Wildman–Crippen MR) is 130 cm³/mol. The predicted octanol–water partition coefficient (Wildman–Crippen LogP) is 4.93. The first-order valence-electron chi connectivity index (χ1n) is 11.8. The molecule has 3 heterocycles. The second-order valence-corrected chi connectivity index (χ2v) is 9.06. The first kappa shape index (κ1) is 24.7. The fourth-order valence-electron chi connectivity index (χ4n) is 4.86. The van der Waals surface area contributed by atoms with E-state index in [0.29, 0.717) is 32.0 Å². The molecule has 2 aromatic heterocycles. The summed E-state index contributed by atoms with van der Waals surface area (Å²) in [6, 6.07) is 12.2. The summed E-state index contributed by atoms with van der Waals surface area (Å²) in [5.41, 5.74) is -0.456. The van der Waals surface area contributed by atoms with Crippen molar-refractivity contribution in [3.8, 4) is 11.4 Å². The Kier molecular flexibility index (Phi) is 6.30. The minimum Gasteiger partial charge on any atom is -0.354 e. The van der Waals surface area contributed by atoms with Gasteiger partial charge in [-0.3, -0.25) is 9.48 Å². The van der Waals surface area contributed by atoms with Crippen molar-refractivity contribution in [2.45, 2.75) is 25.1 Å². The van der Waals surface area contributed by atoms with Gasteiger partial charge in [-0.25, -0.2) is 4.39 Å². The number of nitrogens with zero attached hydrogens (tertiary/aromatic N) is 6. The highest BCUT2D eigenvalue weighted by atomic mass is 19.4. The molecule has 0 aliphatic carbocycles. The van der Waals surface area contributed by atoms with Crippen molar-refractivity contribution in [2.24, 2.45) is 7.05 Å². The summed E-state index contributed by atoms with van der Waals surface area (Å²) in [6.45, 7) is 1.11. The van der Waals surface area contributed by atoms with Gasteiger partial charge >= 0.3 is 6.18 Å². The Bertz CT molecular complexity index is 1460. The van der Waals surface area contributed by atoms with Gasteiger partial charge in [0.05, 0.1) is 16.8 Å². The molecule has 0 spiro atoms. The fourth-order valence-corrected chi connectivity index (χ4v) is 4.86. The standard InChI is InChI=1S/C26H24F4N6O/c1-34(25(37)19-8-5-9-20(22(19)27)26(28,29)30)16-11-14-36(15-12-16)24-18-7-4-3-6-17(18)23(32-33-24)21-10-13-31-35(21)2/h3-10,13,16H,11-12,14-15H2,1-2H3. The Morgan fingerprint density at radius 1 is 1.00 bits per heavy atom. The monoisotopic (exact) mass is 512 g/mol. The number of hydrogen-bond acceptors (Lipinski definition) is 5. The van der Waals surface area contributed by atoms with E-state index in [9.17, 15) is 22.4 Å². The molecule has 1 amide bonds. The molecule has 11 heteroatoms. The molecule has 0 saturated carbocycles. The molecule has 1 aliphatic rings. The van der Waals surface area contributed by atoms with Gasteiger partial charge in [0, 0.05) is 50.2 Å². The zero-order valence-electron chi connectivity index (χ0n) is 20.2. The molecule has 0 bridgehead atoms. The summed E-state index contributed by atoms with van der Waals surface area (Å²) in [4.78, 5) is 16.3. The van der Waals surface area contributed by atoms with Gasteiger partial charge in [-0.05, 0) is 31.0 Å². The van der Waals surface area contributed by atoms with Crippen molar-refractivity contribution in [3.05, 3.63) is 71.7 Å². The maximum atomic E-state index is 14.5. The summed E-state index contributed by atoms with van der Waals surface area (Å²) in [6.07, 6.45) is -2.08. The number of hydrogen-bond donors (Lipinski definition) is 0. The van der Waals surface area contributed by atoms with Crippen LogP contribution in [0.4, 0.5) is 23.4 Å². The Labute approximate surface area is 210 Å². The van der Waals surface area contributed by atoms with E-state index in [0.717, 1.165) is 40.1 Å². The third-order valence-electron chi connectivity index (χ3n) is 6.90. The van der Waals surface area contributed by atoms with Crippen molar-refractivity contribution in [1.82, 2.24) is 24.9 Å². The van der Waals surface area contributed by atoms with Crippen molar-refractivity contribution < 1.29 is 22.4 Å². The van der Waals surface area contributed by atoms with Crippen molar-refractivity contribution >= 4 is 22.5 Å². The van der Waals surface area contributed by atoms with Gasteiger partial charge < -0.3 is 9.80 Å². The largest absolute Gasteiger partial charge is 0.419 e. The van der Waals surface area contributed by atoms with E-state index in [1.807, 2.05) is 37.4 Å². The van der Waals surface area contributed by atoms with Crippen LogP contribution >= 0.6 is 0 Å². The summed E-state index contributed by atoms with van der Waals surface area (Å²) >= 11 is 0. The molecule has 0 atom stereocenters. The van der Waals surface area contributed by atoms with Crippen LogP contribution in [0.25, 0.3) is 22.2 Å². The van der Waals surface area contributed by atoms with E-state index in [-0.39, 0.29) is 6.04 Å². The van der Waals surface area contributed by atoms with Gasteiger partial charge in [-0.15, -0.1) is 10.2 Å². The lowest BCUT2D eigenvalue weighted by Crippen LogP contribution is -2.46. The summed E-state index contributed by atoms with van der Waals surface area (Å²) < 4.78 is 55.6.